The van der Waals surface area contributed by atoms with Crippen molar-refractivity contribution in [2.75, 3.05) is 19.7 Å². The van der Waals surface area contributed by atoms with Crippen LogP contribution in [0.1, 0.15) is 28.8 Å². The normalized spacial score (nSPS) is 14.7. The second-order valence-corrected chi connectivity index (χ2v) is 7.53. The molecule has 1 heterocycles. The fourth-order valence-electron chi connectivity index (χ4n) is 3.05. The zero-order valence-electron chi connectivity index (χ0n) is 14.1. The van der Waals surface area contributed by atoms with E-state index >= 15 is 0 Å². The van der Waals surface area contributed by atoms with Gasteiger partial charge in [0.15, 0.2) is 0 Å². The Labute approximate surface area is 165 Å². The van der Waals surface area contributed by atoms with Gasteiger partial charge < -0.3 is 9.64 Å². The van der Waals surface area contributed by atoms with Gasteiger partial charge in [0.05, 0.1) is 6.61 Å². The van der Waals surface area contributed by atoms with Crippen LogP contribution in [0.3, 0.4) is 0 Å². The van der Waals surface area contributed by atoms with E-state index in [4.69, 9.17) is 10.00 Å². The molecular weight excluding hydrogens is 446 g/mol. The standard InChI is InChI=1S/C20H18FIN2O2/c21-18-5-2-6-19(17(18)12-23)26-13-14-7-9-24(10-8-14)20(25)15-3-1-4-16(22)11-15/h1-6,11,14H,7-10,13H2. The summed E-state index contributed by atoms with van der Waals surface area (Å²) in [6, 6.07) is 13.8. The smallest absolute Gasteiger partial charge is 0.253 e. The fraction of sp³-hybridized carbons (Fsp3) is 0.300. The maximum absolute atomic E-state index is 13.6. The highest BCUT2D eigenvalue weighted by atomic mass is 127. The molecule has 0 bridgehead atoms. The van der Waals surface area contributed by atoms with Crippen molar-refractivity contribution < 1.29 is 13.9 Å². The highest BCUT2D eigenvalue weighted by molar-refractivity contribution is 14.1. The topological polar surface area (TPSA) is 53.3 Å². The Bertz CT molecular complexity index is 842. The predicted octanol–water partition coefficient (Wildman–Crippen LogP) is 4.23. The zero-order valence-corrected chi connectivity index (χ0v) is 16.3. The predicted molar refractivity (Wildman–Crippen MR) is 104 cm³/mol. The number of rotatable bonds is 4. The molecule has 0 atom stereocenters. The Morgan fingerprint density at radius 2 is 2.00 bits per heavy atom. The Balaban J connectivity index is 1.54. The monoisotopic (exact) mass is 464 g/mol. The van der Waals surface area contributed by atoms with Gasteiger partial charge in [0.25, 0.3) is 5.91 Å². The van der Waals surface area contributed by atoms with Gasteiger partial charge in [-0.05, 0) is 71.7 Å². The molecule has 0 aliphatic carbocycles. The summed E-state index contributed by atoms with van der Waals surface area (Å²) in [6.07, 6.45) is 1.65. The number of carbonyl (C=O) groups is 1. The third-order valence-electron chi connectivity index (χ3n) is 4.54. The first kappa shape index (κ1) is 18.6. The van der Waals surface area contributed by atoms with E-state index in [0.717, 1.165) is 16.4 Å². The SMILES string of the molecule is N#Cc1c(F)cccc1OCC1CCN(C(=O)c2cccc(I)c2)CC1. The number of nitriles is 1. The molecule has 0 spiro atoms. The molecule has 0 saturated carbocycles. The van der Waals surface area contributed by atoms with Crippen molar-refractivity contribution in [1.82, 2.24) is 4.90 Å². The van der Waals surface area contributed by atoms with Crippen molar-refractivity contribution >= 4 is 28.5 Å². The maximum atomic E-state index is 13.6. The first-order chi connectivity index (χ1) is 12.6. The number of ether oxygens (including phenoxy) is 1. The fourth-order valence-corrected chi connectivity index (χ4v) is 3.59. The molecule has 6 heteroatoms. The lowest BCUT2D eigenvalue weighted by molar-refractivity contribution is 0.0660. The van der Waals surface area contributed by atoms with Gasteiger partial charge in [-0.2, -0.15) is 5.26 Å². The van der Waals surface area contributed by atoms with Gasteiger partial charge in [-0.15, -0.1) is 0 Å². The minimum absolute atomic E-state index is 0.0554. The lowest BCUT2D eigenvalue weighted by atomic mass is 9.97. The van der Waals surface area contributed by atoms with Crippen LogP contribution < -0.4 is 4.74 Å². The number of halogens is 2. The second-order valence-electron chi connectivity index (χ2n) is 6.28. The summed E-state index contributed by atoms with van der Waals surface area (Å²) in [5.74, 6) is 0.0531. The second kappa shape index (κ2) is 8.49. The number of carbonyl (C=O) groups excluding carboxylic acids is 1. The van der Waals surface area contributed by atoms with E-state index in [-0.39, 0.29) is 23.1 Å². The van der Waals surface area contributed by atoms with Crippen molar-refractivity contribution in [1.29, 1.82) is 5.26 Å². The summed E-state index contributed by atoms with van der Waals surface area (Å²) >= 11 is 2.20. The van der Waals surface area contributed by atoms with Crippen molar-refractivity contribution in [3.8, 4) is 11.8 Å². The molecule has 0 unspecified atom stereocenters. The molecule has 1 aliphatic rings. The number of amides is 1. The number of benzene rings is 2. The van der Waals surface area contributed by atoms with Crippen LogP contribution in [0.4, 0.5) is 4.39 Å². The van der Waals surface area contributed by atoms with E-state index < -0.39 is 5.82 Å². The Hall–Kier alpha value is -2.14. The van der Waals surface area contributed by atoms with Crippen LogP contribution in [0.15, 0.2) is 42.5 Å². The van der Waals surface area contributed by atoms with E-state index in [9.17, 15) is 9.18 Å². The molecule has 0 radical (unpaired) electrons. The molecule has 3 rings (SSSR count). The van der Waals surface area contributed by atoms with Gasteiger partial charge in [-0.3, -0.25) is 4.79 Å². The molecule has 4 nitrogen and oxygen atoms in total. The average molecular weight is 464 g/mol. The van der Waals surface area contributed by atoms with E-state index in [1.165, 1.54) is 12.1 Å². The number of likely N-dealkylation sites (tertiary alicyclic amines) is 1. The molecule has 2 aromatic rings. The Morgan fingerprint density at radius 1 is 1.27 bits per heavy atom. The lowest BCUT2D eigenvalue weighted by Crippen LogP contribution is -2.39. The van der Waals surface area contributed by atoms with Crippen LogP contribution >= 0.6 is 22.6 Å². The van der Waals surface area contributed by atoms with Crippen LogP contribution in [0, 0.1) is 26.6 Å². The minimum Gasteiger partial charge on any atom is -0.492 e. The van der Waals surface area contributed by atoms with Crippen LogP contribution in [-0.2, 0) is 0 Å². The van der Waals surface area contributed by atoms with E-state index in [1.54, 1.807) is 6.07 Å². The molecule has 26 heavy (non-hydrogen) atoms. The maximum Gasteiger partial charge on any atom is 0.253 e. The molecule has 1 fully saturated rings. The first-order valence-electron chi connectivity index (χ1n) is 8.44. The Morgan fingerprint density at radius 3 is 2.69 bits per heavy atom. The number of nitrogens with zero attached hydrogens (tertiary/aromatic N) is 2. The van der Waals surface area contributed by atoms with Gasteiger partial charge in [0.1, 0.15) is 23.2 Å². The van der Waals surface area contributed by atoms with Gasteiger partial charge in [-0.1, -0.05) is 12.1 Å². The molecule has 0 aromatic heterocycles. The third kappa shape index (κ3) is 4.33. The molecule has 1 aliphatic heterocycles. The molecule has 2 aromatic carbocycles. The van der Waals surface area contributed by atoms with Crippen molar-refractivity contribution in [3.05, 3.63) is 63.0 Å². The number of hydrogen-bond acceptors (Lipinski definition) is 3. The third-order valence-corrected chi connectivity index (χ3v) is 5.21. The summed E-state index contributed by atoms with van der Waals surface area (Å²) in [5, 5.41) is 9.05. The van der Waals surface area contributed by atoms with Crippen LogP contribution in [0.2, 0.25) is 0 Å². The van der Waals surface area contributed by atoms with Gasteiger partial charge in [-0.25, -0.2) is 4.39 Å². The summed E-state index contributed by atoms with van der Waals surface area (Å²) in [6.45, 7) is 1.77. The highest BCUT2D eigenvalue weighted by Crippen LogP contribution is 2.24. The van der Waals surface area contributed by atoms with Gasteiger partial charge in [0.2, 0.25) is 0 Å². The summed E-state index contributed by atoms with van der Waals surface area (Å²) in [4.78, 5) is 14.4. The molecular formula is C20H18FIN2O2. The molecule has 1 saturated heterocycles. The summed E-state index contributed by atoms with van der Waals surface area (Å²) in [7, 11) is 0. The number of piperidine rings is 1. The first-order valence-corrected chi connectivity index (χ1v) is 9.52. The van der Waals surface area contributed by atoms with Crippen LogP contribution in [0.5, 0.6) is 5.75 Å². The van der Waals surface area contributed by atoms with Crippen molar-refractivity contribution in [3.63, 3.8) is 0 Å². The largest absolute Gasteiger partial charge is 0.492 e. The van der Waals surface area contributed by atoms with E-state index in [1.807, 2.05) is 35.2 Å². The van der Waals surface area contributed by atoms with Gasteiger partial charge in [0, 0.05) is 22.2 Å². The minimum atomic E-state index is -0.567. The average Bonchev–Trinajstić information content (AvgIpc) is 2.66. The van der Waals surface area contributed by atoms with E-state index in [2.05, 4.69) is 22.6 Å². The van der Waals surface area contributed by atoms with Crippen molar-refractivity contribution in [2.24, 2.45) is 5.92 Å². The van der Waals surface area contributed by atoms with E-state index in [0.29, 0.717) is 25.3 Å². The van der Waals surface area contributed by atoms with Crippen LogP contribution in [-0.4, -0.2) is 30.5 Å². The highest BCUT2D eigenvalue weighted by Gasteiger charge is 2.24. The molecule has 134 valence electrons. The zero-order chi connectivity index (χ0) is 18.5. The number of hydrogen-bond donors (Lipinski definition) is 0. The molecule has 1 amide bonds. The summed E-state index contributed by atoms with van der Waals surface area (Å²) in [5.41, 5.74) is 0.656. The summed E-state index contributed by atoms with van der Waals surface area (Å²) < 4.78 is 20.3. The quantitative estimate of drug-likeness (QED) is 0.637. The van der Waals surface area contributed by atoms with Crippen molar-refractivity contribution in [2.45, 2.75) is 12.8 Å². The van der Waals surface area contributed by atoms with Gasteiger partial charge >= 0.3 is 0 Å². The molecule has 0 N–H and O–H groups in total. The lowest BCUT2D eigenvalue weighted by Gasteiger charge is -2.32. The van der Waals surface area contributed by atoms with Crippen LogP contribution in [0.25, 0.3) is 0 Å². The Kier molecular flexibility index (Phi) is 6.09.